The van der Waals surface area contributed by atoms with Crippen molar-refractivity contribution in [2.24, 2.45) is 0 Å². The fourth-order valence-electron chi connectivity index (χ4n) is 0.940. The van der Waals surface area contributed by atoms with Gasteiger partial charge in [-0.2, -0.15) is 13.2 Å². The topological polar surface area (TPSA) is 38.3 Å². The number of halogens is 6. The second kappa shape index (κ2) is 5.25. The predicted molar refractivity (Wildman–Crippen MR) is 45.8 cm³/mol. The van der Waals surface area contributed by atoms with E-state index in [1.54, 1.807) is 0 Å². The first-order valence-electron chi connectivity index (χ1n) is 4.35. The van der Waals surface area contributed by atoms with E-state index in [9.17, 15) is 31.1 Å². The summed E-state index contributed by atoms with van der Waals surface area (Å²) in [6, 6.07) is 1.02. The Balaban J connectivity index is 2.71. The van der Waals surface area contributed by atoms with Gasteiger partial charge in [-0.15, -0.1) is 0 Å². The van der Waals surface area contributed by atoms with Crippen molar-refractivity contribution in [2.75, 3.05) is 6.61 Å². The monoisotopic (exact) mass is 273 g/mol. The fourth-order valence-corrected chi connectivity index (χ4v) is 0.940. The normalized spacial score (nSPS) is 11.4. The van der Waals surface area contributed by atoms with E-state index >= 15 is 0 Å². The lowest BCUT2D eigenvalue weighted by Crippen LogP contribution is -2.30. The molecule has 0 aliphatic rings. The molecule has 1 N–H and O–H groups in total. The van der Waals surface area contributed by atoms with E-state index in [1.165, 1.54) is 5.48 Å². The van der Waals surface area contributed by atoms with Crippen LogP contribution in [0.4, 0.5) is 26.3 Å². The average molecular weight is 273 g/mol. The quantitative estimate of drug-likeness (QED) is 0.521. The second-order valence-corrected chi connectivity index (χ2v) is 3.06. The molecule has 3 nitrogen and oxygen atoms in total. The van der Waals surface area contributed by atoms with Crippen LogP contribution in [0.3, 0.4) is 0 Å². The number of carbonyl (C=O) groups excluding carboxylic acids is 1. The standard InChI is InChI=1S/C9H5F6NO2/c10-5-2-1-4(6(11)7(5)12)8(17)16-18-3-9(13,14)15/h1-2H,3H2,(H,16,17). The fraction of sp³-hybridized carbons (Fsp3) is 0.222. The zero-order valence-electron chi connectivity index (χ0n) is 8.45. The van der Waals surface area contributed by atoms with Crippen molar-refractivity contribution in [3.05, 3.63) is 35.1 Å². The molecule has 0 radical (unpaired) electrons. The van der Waals surface area contributed by atoms with Gasteiger partial charge in [0.25, 0.3) is 5.91 Å². The van der Waals surface area contributed by atoms with Gasteiger partial charge in [0.05, 0.1) is 5.56 Å². The third-order valence-electron chi connectivity index (χ3n) is 1.68. The van der Waals surface area contributed by atoms with Crippen molar-refractivity contribution in [3.63, 3.8) is 0 Å². The van der Waals surface area contributed by atoms with Crippen LogP contribution in [0.5, 0.6) is 0 Å². The van der Waals surface area contributed by atoms with E-state index in [1.807, 2.05) is 0 Å². The summed E-state index contributed by atoms with van der Waals surface area (Å²) in [5, 5.41) is 0. The molecule has 1 aromatic carbocycles. The second-order valence-electron chi connectivity index (χ2n) is 3.06. The first-order valence-corrected chi connectivity index (χ1v) is 4.35. The van der Waals surface area contributed by atoms with Crippen molar-refractivity contribution in [1.82, 2.24) is 5.48 Å². The SMILES string of the molecule is O=C(NOCC(F)(F)F)c1ccc(F)c(F)c1F. The highest BCUT2D eigenvalue weighted by molar-refractivity contribution is 5.93. The molecule has 0 aliphatic carbocycles. The minimum atomic E-state index is -4.69. The third kappa shape index (κ3) is 3.62. The molecule has 18 heavy (non-hydrogen) atoms. The summed E-state index contributed by atoms with van der Waals surface area (Å²) in [4.78, 5) is 14.8. The van der Waals surface area contributed by atoms with E-state index < -0.39 is 41.7 Å². The van der Waals surface area contributed by atoms with Crippen molar-refractivity contribution in [2.45, 2.75) is 6.18 Å². The van der Waals surface area contributed by atoms with Crippen molar-refractivity contribution in [3.8, 4) is 0 Å². The van der Waals surface area contributed by atoms with Crippen LogP contribution in [0.25, 0.3) is 0 Å². The molecule has 9 heteroatoms. The molecule has 0 spiro atoms. The molecule has 0 aromatic heterocycles. The lowest BCUT2D eigenvalue weighted by molar-refractivity contribution is -0.184. The molecule has 0 bridgehead atoms. The van der Waals surface area contributed by atoms with Gasteiger partial charge in [-0.25, -0.2) is 18.7 Å². The summed E-state index contributed by atoms with van der Waals surface area (Å²) in [5.74, 6) is -6.71. The van der Waals surface area contributed by atoms with Gasteiger partial charge in [-0.1, -0.05) is 0 Å². The Morgan fingerprint density at radius 2 is 1.78 bits per heavy atom. The number of hydrogen-bond donors (Lipinski definition) is 1. The van der Waals surface area contributed by atoms with Gasteiger partial charge in [-0.3, -0.25) is 9.63 Å². The minimum Gasteiger partial charge on any atom is -0.267 e. The van der Waals surface area contributed by atoms with Crippen LogP contribution in [-0.4, -0.2) is 18.7 Å². The Hall–Kier alpha value is -1.77. The molecule has 0 heterocycles. The maximum absolute atomic E-state index is 13.0. The summed E-state index contributed by atoms with van der Waals surface area (Å²) in [5.41, 5.74) is 0.279. The molecule has 0 saturated heterocycles. The summed E-state index contributed by atoms with van der Waals surface area (Å²) >= 11 is 0. The first-order chi connectivity index (χ1) is 8.22. The molecule has 0 aliphatic heterocycles. The Morgan fingerprint density at radius 1 is 1.17 bits per heavy atom. The first kappa shape index (κ1) is 14.3. The molecule has 0 fully saturated rings. The van der Waals surface area contributed by atoms with Crippen LogP contribution >= 0.6 is 0 Å². The Kier molecular flexibility index (Phi) is 4.17. The van der Waals surface area contributed by atoms with Crippen LogP contribution in [-0.2, 0) is 4.84 Å². The average Bonchev–Trinajstić information content (AvgIpc) is 2.24. The zero-order valence-corrected chi connectivity index (χ0v) is 8.45. The van der Waals surface area contributed by atoms with Crippen LogP contribution in [0, 0.1) is 17.5 Å². The molecule has 0 saturated carbocycles. The van der Waals surface area contributed by atoms with Crippen LogP contribution in [0.1, 0.15) is 10.4 Å². The van der Waals surface area contributed by atoms with Crippen molar-refractivity contribution < 1.29 is 36.0 Å². The van der Waals surface area contributed by atoms with Gasteiger partial charge in [0.1, 0.15) is 0 Å². The molecular formula is C9H5F6NO2. The van der Waals surface area contributed by atoms with Gasteiger partial charge in [-0.05, 0) is 12.1 Å². The number of rotatable bonds is 3. The minimum absolute atomic E-state index is 0.455. The third-order valence-corrected chi connectivity index (χ3v) is 1.68. The lowest BCUT2D eigenvalue weighted by atomic mass is 10.2. The van der Waals surface area contributed by atoms with E-state index in [-0.39, 0.29) is 0 Å². The zero-order chi connectivity index (χ0) is 13.9. The van der Waals surface area contributed by atoms with Gasteiger partial charge in [0.2, 0.25) is 0 Å². The van der Waals surface area contributed by atoms with Crippen LogP contribution in [0.2, 0.25) is 0 Å². The van der Waals surface area contributed by atoms with Gasteiger partial charge < -0.3 is 0 Å². The van der Waals surface area contributed by atoms with E-state index in [0.29, 0.717) is 12.1 Å². The smallest absolute Gasteiger partial charge is 0.267 e. The number of nitrogens with one attached hydrogen (secondary N) is 1. The van der Waals surface area contributed by atoms with Crippen LogP contribution < -0.4 is 5.48 Å². The van der Waals surface area contributed by atoms with Gasteiger partial charge in [0.15, 0.2) is 24.1 Å². The summed E-state index contributed by atoms with van der Waals surface area (Å²) in [7, 11) is 0. The number of benzene rings is 1. The highest BCUT2D eigenvalue weighted by atomic mass is 19.4. The number of hydrogen-bond acceptors (Lipinski definition) is 2. The number of amides is 1. The lowest BCUT2D eigenvalue weighted by Gasteiger charge is -2.09. The summed E-state index contributed by atoms with van der Waals surface area (Å²) in [6.07, 6.45) is -4.69. The number of alkyl halides is 3. The van der Waals surface area contributed by atoms with Crippen molar-refractivity contribution in [1.29, 1.82) is 0 Å². The maximum atomic E-state index is 13.0. The molecule has 1 rings (SSSR count). The van der Waals surface area contributed by atoms with Gasteiger partial charge >= 0.3 is 6.18 Å². The molecule has 1 aromatic rings. The van der Waals surface area contributed by atoms with Gasteiger partial charge in [0, 0.05) is 0 Å². The van der Waals surface area contributed by atoms with E-state index in [2.05, 4.69) is 4.84 Å². The molecule has 0 unspecified atom stereocenters. The summed E-state index contributed by atoms with van der Waals surface area (Å²) < 4.78 is 73.2. The Morgan fingerprint density at radius 3 is 2.33 bits per heavy atom. The molecular weight excluding hydrogens is 268 g/mol. The van der Waals surface area contributed by atoms with E-state index in [0.717, 1.165) is 0 Å². The molecule has 0 atom stereocenters. The largest absolute Gasteiger partial charge is 0.414 e. The molecule has 1 amide bonds. The van der Waals surface area contributed by atoms with E-state index in [4.69, 9.17) is 0 Å². The van der Waals surface area contributed by atoms with Crippen LogP contribution in [0.15, 0.2) is 12.1 Å². The highest BCUT2D eigenvalue weighted by Gasteiger charge is 2.28. The van der Waals surface area contributed by atoms with Crippen molar-refractivity contribution >= 4 is 5.91 Å². The highest BCUT2D eigenvalue weighted by Crippen LogP contribution is 2.16. The summed E-state index contributed by atoms with van der Waals surface area (Å²) in [6.45, 7) is -1.80. The number of carbonyl (C=O) groups is 1. The maximum Gasteiger partial charge on any atom is 0.414 e. The predicted octanol–water partition coefficient (Wildman–Crippen LogP) is 2.33. The Bertz CT molecular complexity index is 459. The molecule has 100 valence electrons. The number of hydroxylamine groups is 1. The Labute approximate surface area is 96.3 Å².